The lowest BCUT2D eigenvalue weighted by molar-refractivity contribution is -0.385. The summed E-state index contributed by atoms with van der Waals surface area (Å²) in [5.41, 5.74) is 0.830. The summed E-state index contributed by atoms with van der Waals surface area (Å²) >= 11 is 0. The van der Waals surface area contributed by atoms with Crippen LogP contribution < -0.4 is 4.74 Å². The third kappa shape index (κ3) is 3.99. The van der Waals surface area contributed by atoms with Crippen LogP contribution in [0.15, 0.2) is 42.5 Å². The second-order valence-corrected chi connectivity index (χ2v) is 6.16. The van der Waals surface area contributed by atoms with Gasteiger partial charge in [0.1, 0.15) is 5.82 Å². The summed E-state index contributed by atoms with van der Waals surface area (Å²) in [5, 5.41) is 11.3. The molecule has 1 amide bonds. The van der Waals surface area contributed by atoms with Gasteiger partial charge in [0.05, 0.1) is 11.5 Å². The number of nitro groups is 1. The Bertz CT molecular complexity index is 819. The van der Waals surface area contributed by atoms with Gasteiger partial charge in [-0.25, -0.2) is 4.39 Å². The number of hydrogen-bond acceptors (Lipinski definition) is 4. The van der Waals surface area contributed by atoms with Crippen molar-refractivity contribution in [3.05, 3.63) is 69.5 Å². The highest BCUT2D eigenvalue weighted by atomic mass is 19.1. The monoisotopic (exact) mass is 358 g/mol. The third-order valence-corrected chi connectivity index (χ3v) is 4.22. The van der Waals surface area contributed by atoms with Gasteiger partial charge >= 0.3 is 5.69 Å². The Balaban J connectivity index is 1.86. The lowest BCUT2D eigenvalue weighted by Gasteiger charge is -2.23. The molecule has 136 valence electrons. The van der Waals surface area contributed by atoms with Gasteiger partial charge in [0.2, 0.25) is 0 Å². The molecule has 0 spiro atoms. The number of ether oxygens (including phenoxy) is 1. The maximum atomic E-state index is 13.1. The molecule has 3 rings (SSSR count). The van der Waals surface area contributed by atoms with Crippen molar-refractivity contribution in [3.8, 4) is 5.75 Å². The molecular weight excluding hydrogens is 339 g/mol. The molecule has 0 heterocycles. The standard InChI is InChI=1S/C19H19FN2O4/c1-2-26-18-10-5-14(11-17(18)22(24)25)19(23)21(16-8-9-16)12-13-3-6-15(20)7-4-13/h3-7,10-11,16H,2,8-9,12H2,1H3. The van der Waals surface area contributed by atoms with E-state index in [0.717, 1.165) is 18.4 Å². The fraction of sp³-hybridized carbons (Fsp3) is 0.316. The smallest absolute Gasteiger partial charge is 0.311 e. The second-order valence-electron chi connectivity index (χ2n) is 6.16. The number of nitrogens with zero attached hydrogens (tertiary/aromatic N) is 2. The zero-order chi connectivity index (χ0) is 18.7. The number of carbonyl (C=O) groups is 1. The van der Waals surface area contributed by atoms with E-state index in [4.69, 9.17) is 4.74 Å². The van der Waals surface area contributed by atoms with Gasteiger partial charge in [-0.3, -0.25) is 14.9 Å². The summed E-state index contributed by atoms with van der Waals surface area (Å²) < 4.78 is 18.3. The Kier molecular flexibility index (Phi) is 5.16. The lowest BCUT2D eigenvalue weighted by atomic mass is 10.1. The minimum atomic E-state index is -0.552. The zero-order valence-electron chi connectivity index (χ0n) is 14.4. The number of hydrogen-bond donors (Lipinski definition) is 0. The third-order valence-electron chi connectivity index (χ3n) is 4.22. The molecule has 0 N–H and O–H groups in total. The molecule has 1 fully saturated rings. The first-order valence-corrected chi connectivity index (χ1v) is 8.46. The fourth-order valence-electron chi connectivity index (χ4n) is 2.78. The molecule has 6 nitrogen and oxygen atoms in total. The van der Waals surface area contributed by atoms with Crippen LogP contribution in [0.25, 0.3) is 0 Å². The van der Waals surface area contributed by atoms with Crippen LogP contribution in [-0.2, 0) is 6.54 Å². The minimum absolute atomic E-state index is 0.109. The lowest BCUT2D eigenvalue weighted by Crippen LogP contribution is -2.32. The van der Waals surface area contributed by atoms with Gasteiger partial charge in [0.25, 0.3) is 5.91 Å². The summed E-state index contributed by atoms with van der Waals surface area (Å²) in [7, 11) is 0. The van der Waals surface area contributed by atoms with Crippen LogP contribution >= 0.6 is 0 Å². The van der Waals surface area contributed by atoms with Crippen LogP contribution in [0.1, 0.15) is 35.7 Å². The van der Waals surface area contributed by atoms with Crippen LogP contribution in [0.4, 0.5) is 10.1 Å². The highest BCUT2D eigenvalue weighted by molar-refractivity contribution is 5.95. The van der Waals surface area contributed by atoms with Crippen molar-refractivity contribution in [1.29, 1.82) is 0 Å². The molecule has 0 saturated heterocycles. The number of amides is 1. The van der Waals surface area contributed by atoms with E-state index in [1.807, 2.05) is 0 Å². The van der Waals surface area contributed by atoms with E-state index in [9.17, 15) is 19.3 Å². The van der Waals surface area contributed by atoms with E-state index in [2.05, 4.69) is 0 Å². The first kappa shape index (κ1) is 17.8. The van der Waals surface area contributed by atoms with Crippen LogP contribution in [0, 0.1) is 15.9 Å². The summed E-state index contributed by atoms with van der Waals surface area (Å²) in [4.78, 5) is 25.3. The molecule has 0 bridgehead atoms. The van der Waals surface area contributed by atoms with Gasteiger partial charge in [-0.15, -0.1) is 0 Å². The Labute approximate surface area is 150 Å². The van der Waals surface area contributed by atoms with E-state index < -0.39 is 4.92 Å². The molecule has 2 aromatic carbocycles. The van der Waals surface area contributed by atoms with Crippen LogP contribution in [0.2, 0.25) is 0 Å². The summed E-state index contributed by atoms with van der Waals surface area (Å²) in [6, 6.07) is 10.3. The predicted molar refractivity (Wildman–Crippen MR) is 93.6 cm³/mol. The summed E-state index contributed by atoms with van der Waals surface area (Å²) in [6.07, 6.45) is 1.79. The van der Waals surface area contributed by atoms with E-state index in [1.165, 1.54) is 24.3 Å². The quantitative estimate of drug-likeness (QED) is 0.555. The molecule has 26 heavy (non-hydrogen) atoms. The van der Waals surface area contributed by atoms with Crippen molar-refractivity contribution in [2.45, 2.75) is 32.4 Å². The van der Waals surface area contributed by atoms with Gasteiger partial charge in [0.15, 0.2) is 5.75 Å². The number of rotatable bonds is 7. The Morgan fingerprint density at radius 1 is 1.27 bits per heavy atom. The summed E-state index contributed by atoms with van der Waals surface area (Å²) in [6.45, 7) is 2.37. The van der Waals surface area contributed by atoms with Crippen molar-refractivity contribution < 1.29 is 18.8 Å². The van der Waals surface area contributed by atoms with Crippen molar-refractivity contribution in [3.63, 3.8) is 0 Å². The van der Waals surface area contributed by atoms with E-state index in [0.29, 0.717) is 13.2 Å². The van der Waals surface area contributed by atoms with Crippen LogP contribution in [0.3, 0.4) is 0 Å². The maximum absolute atomic E-state index is 13.1. The molecule has 0 aromatic heterocycles. The molecule has 1 saturated carbocycles. The highest BCUT2D eigenvalue weighted by Crippen LogP contribution is 2.32. The van der Waals surface area contributed by atoms with Gasteiger partial charge in [-0.1, -0.05) is 12.1 Å². The molecule has 0 atom stereocenters. The molecule has 0 unspecified atom stereocenters. The average Bonchev–Trinajstić information content (AvgIpc) is 3.46. The van der Waals surface area contributed by atoms with Gasteiger partial charge in [-0.05, 0) is 49.6 Å². The SMILES string of the molecule is CCOc1ccc(C(=O)N(Cc2ccc(F)cc2)C2CC2)cc1[N+](=O)[O-]. The topological polar surface area (TPSA) is 72.7 Å². The number of halogens is 1. The average molecular weight is 358 g/mol. The highest BCUT2D eigenvalue weighted by Gasteiger charge is 2.34. The molecule has 7 heteroatoms. The van der Waals surface area contributed by atoms with Gasteiger partial charge < -0.3 is 9.64 Å². The van der Waals surface area contributed by atoms with Crippen molar-refractivity contribution in [2.75, 3.05) is 6.61 Å². The first-order valence-electron chi connectivity index (χ1n) is 8.46. The van der Waals surface area contributed by atoms with Crippen LogP contribution in [-0.4, -0.2) is 28.4 Å². The number of benzene rings is 2. The Morgan fingerprint density at radius 3 is 2.54 bits per heavy atom. The maximum Gasteiger partial charge on any atom is 0.311 e. The molecule has 0 aliphatic heterocycles. The van der Waals surface area contributed by atoms with Crippen molar-refractivity contribution in [2.24, 2.45) is 0 Å². The van der Waals surface area contributed by atoms with Gasteiger partial charge in [-0.2, -0.15) is 0 Å². The zero-order valence-corrected chi connectivity index (χ0v) is 14.4. The second kappa shape index (κ2) is 7.51. The summed E-state index contributed by atoms with van der Waals surface area (Å²) in [5.74, 6) is -0.464. The molecular formula is C19H19FN2O4. The molecule has 0 radical (unpaired) electrons. The Morgan fingerprint density at radius 2 is 1.96 bits per heavy atom. The molecule has 1 aliphatic carbocycles. The van der Waals surface area contributed by atoms with Crippen LogP contribution in [0.5, 0.6) is 5.75 Å². The minimum Gasteiger partial charge on any atom is -0.487 e. The largest absolute Gasteiger partial charge is 0.487 e. The predicted octanol–water partition coefficient (Wildman–Crippen LogP) is 3.94. The fourth-order valence-corrected chi connectivity index (χ4v) is 2.78. The number of nitro benzene ring substituents is 1. The normalized spacial score (nSPS) is 13.3. The molecule has 1 aliphatic rings. The number of carbonyl (C=O) groups excluding carboxylic acids is 1. The van der Waals surface area contributed by atoms with E-state index in [-0.39, 0.29) is 34.8 Å². The van der Waals surface area contributed by atoms with Crippen molar-refractivity contribution >= 4 is 11.6 Å². The van der Waals surface area contributed by atoms with Crippen molar-refractivity contribution in [1.82, 2.24) is 4.90 Å². The first-order chi connectivity index (χ1) is 12.5. The van der Waals surface area contributed by atoms with E-state index >= 15 is 0 Å². The Hall–Kier alpha value is -2.96. The van der Waals surface area contributed by atoms with E-state index in [1.54, 1.807) is 30.0 Å². The molecule has 2 aromatic rings. The van der Waals surface area contributed by atoms with Gasteiger partial charge in [0, 0.05) is 24.2 Å².